The topological polar surface area (TPSA) is 20.2 Å². The second-order valence-corrected chi connectivity index (χ2v) is 3.08. The first-order valence-electron chi connectivity index (χ1n) is 4.16. The first kappa shape index (κ1) is 11.0. The maximum atomic E-state index is 9.31. The molecule has 0 amide bonds. The predicted octanol–water partition coefficient (Wildman–Crippen LogP) is 2.72. The van der Waals surface area contributed by atoms with E-state index in [1.165, 1.54) is 0 Å². The number of alkyl halides is 1. The van der Waals surface area contributed by atoms with Crippen LogP contribution in [0.5, 0.6) is 0 Å². The van der Waals surface area contributed by atoms with Crippen LogP contribution in [-0.4, -0.2) is 17.1 Å². The Balaban J connectivity index is 3.08. The Kier molecular flexibility index (Phi) is 8.08. The minimum atomic E-state index is -0.159. The van der Waals surface area contributed by atoms with E-state index in [0.717, 1.165) is 32.1 Å². The molecule has 1 unspecified atom stereocenters. The summed E-state index contributed by atoms with van der Waals surface area (Å²) >= 11 is 5.48. The van der Waals surface area contributed by atoms with Crippen molar-refractivity contribution in [2.24, 2.45) is 0 Å². The Morgan fingerprint density at radius 1 is 1.36 bits per heavy atom. The van der Waals surface area contributed by atoms with Crippen LogP contribution in [0.4, 0.5) is 0 Å². The van der Waals surface area contributed by atoms with E-state index in [1.807, 2.05) is 6.08 Å². The van der Waals surface area contributed by atoms with Crippen molar-refractivity contribution in [1.82, 2.24) is 0 Å². The molecule has 0 aromatic heterocycles. The number of aliphatic hydroxyl groups is 1. The van der Waals surface area contributed by atoms with Gasteiger partial charge in [-0.2, -0.15) is 0 Å². The Morgan fingerprint density at radius 2 is 2.00 bits per heavy atom. The lowest BCUT2D eigenvalue weighted by atomic mass is 10.1. The number of rotatable bonds is 7. The van der Waals surface area contributed by atoms with E-state index in [-0.39, 0.29) is 6.10 Å². The second kappa shape index (κ2) is 8.09. The summed E-state index contributed by atoms with van der Waals surface area (Å²) < 4.78 is 0. The molecule has 0 aliphatic rings. The van der Waals surface area contributed by atoms with Crippen LogP contribution >= 0.6 is 11.6 Å². The zero-order valence-corrected chi connectivity index (χ0v) is 7.69. The molecule has 0 spiro atoms. The molecule has 0 aliphatic carbocycles. The van der Waals surface area contributed by atoms with Gasteiger partial charge in [0.05, 0.1) is 6.10 Å². The summed E-state index contributed by atoms with van der Waals surface area (Å²) in [4.78, 5) is 0. The average molecular weight is 177 g/mol. The van der Waals surface area contributed by atoms with Gasteiger partial charge >= 0.3 is 0 Å². The number of hydrogen-bond acceptors (Lipinski definition) is 1. The van der Waals surface area contributed by atoms with Gasteiger partial charge in [-0.15, -0.1) is 18.2 Å². The van der Waals surface area contributed by atoms with Gasteiger partial charge in [-0.25, -0.2) is 0 Å². The first-order valence-corrected chi connectivity index (χ1v) is 4.69. The van der Waals surface area contributed by atoms with Crippen LogP contribution in [0.15, 0.2) is 12.7 Å². The highest BCUT2D eigenvalue weighted by Crippen LogP contribution is 2.07. The van der Waals surface area contributed by atoms with Gasteiger partial charge < -0.3 is 5.11 Å². The van der Waals surface area contributed by atoms with Crippen molar-refractivity contribution < 1.29 is 5.11 Å². The van der Waals surface area contributed by atoms with Crippen molar-refractivity contribution in [3.63, 3.8) is 0 Å². The van der Waals surface area contributed by atoms with Crippen molar-refractivity contribution in [2.45, 2.75) is 38.2 Å². The number of aliphatic hydroxyl groups excluding tert-OH is 1. The molecule has 2 heteroatoms. The van der Waals surface area contributed by atoms with Crippen molar-refractivity contribution in [2.75, 3.05) is 5.88 Å². The molecule has 1 nitrogen and oxygen atoms in total. The van der Waals surface area contributed by atoms with E-state index in [0.29, 0.717) is 5.88 Å². The fourth-order valence-electron chi connectivity index (χ4n) is 0.955. The molecule has 0 rings (SSSR count). The van der Waals surface area contributed by atoms with Crippen LogP contribution in [0.25, 0.3) is 0 Å². The van der Waals surface area contributed by atoms with E-state index >= 15 is 0 Å². The zero-order chi connectivity index (χ0) is 8.53. The van der Waals surface area contributed by atoms with Crippen molar-refractivity contribution >= 4 is 11.6 Å². The molecule has 66 valence electrons. The van der Waals surface area contributed by atoms with Gasteiger partial charge in [0, 0.05) is 5.88 Å². The molecule has 0 fully saturated rings. The first-order chi connectivity index (χ1) is 5.31. The molecule has 0 aliphatic heterocycles. The normalized spacial score (nSPS) is 12.9. The van der Waals surface area contributed by atoms with Crippen LogP contribution < -0.4 is 0 Å². The second-order valence-electron chi connectivity index (χ2n) is 2.70. The fourth-order valence-corrected chi connectivity index (χ4v) is 1.11. The molecular formula is C9H17ClO. The Morgan fingerprint density at radius 3 is 2.55 bits per heavy atom. The molecule has 0 saturated heterocycles. The molecule has 0 heterocycles. The van der Waals surface area contributed by atoms with Gasteiger partial charge in [0.15, 0.2) is 0 Å². The predicted molar refractivity (Wildman–Crippen MR) is 50.0 cm³/mol. The van der Waals surface area contributed by atoms with Crippen LogP contribution in [-0.2, 0) is 0 Å². The largest absolute Gasteiger partial charge is 0.393 e. The minimum absolute atomic E-state index is 0.159. The fraction of sp³-hybridized carbons (Fsp3) is 0.778. The molecule has 0 aromatic carbocycles. The van der Waals surface area contributed by atoms with Crippen molar-refractivity contribution in [3.8, 4) is 0 Å². The monoisotopic (exact) mass is 176 g/mol. The zero-order valence-electron chi connectivity index (χ0n) is 6.93. The van der Waals surface area contributed by atoms with E-state index in [9.17, 15) is 5.11 Å². The molecule has 1 N–H and O–H groups in total. The summed E-state index contributed by atoms with van der Waals surface area (Å²) in [5, 5.41) is 9.31. The molecule has 0 radical (unpaired) electrons. The van der Waals surface area contributed by atoms with E-state index in [1.54, 1.807) is 0 Å². The molecule has 0 saturated carbocycles. The standard InChI is InChI=1S/C9H17ClO/c1-2-3-4-6-9(11)7-5-8-10/h2,9,11H,1,3-8H2. The molecule has 0 aromatic rings. The lowest BCUT2D eigenvalue weighted by Gasteiger charge is -2.07. The van der Waals surface area contributed by atoms with E-state index in [4.69, 9.17) is 11.6 Å². The highest BCUT2D eigenvalue weighted by Gasteiger charge is 2.01. The summed E-state index contributed by atoms with van der Waals surface area (Å²) in [6.07, 6.45) is 6.38. The van der Waals surface area contributed by atoms with Gasteiger partial charge in [0.2, 0.25) is 0 Å². The summed E-state index contributed by atoms with van der Waals surface area (Å²) in [5.41, 5.74) is 0. The van der Waals surface area contributed by atoms with Gasteiger partial charge in [-0.05, 0) is 32.1 Å². The SMILES string of the molecule is C=CCCCC(O)CCCCl. The number of halogens is 1. The lowest BCUT2D eigenvalue weighted by Crippen LogP contribution is -2.05. The smallest absolute Gasteiger partial charge is 0.0540 e. The summed E-state index contributed by atoms with van der Waals surface area (Å²) in [7, 11) is 0. The Hall–Kier alpha value is -0.0100. The third kappa shape index (κ3) is 7.89. The van der Waals surface area contributed by atoms with E-state index < -0.39 is 0 Å². The van der Waals surface area contributed by atoms with Gasteiger partial charge in [0.1, 0.15) is 0 Å². The van der Waals surface area contributed by atoms with Crippen LogP contribution in [0.3, 0.4) is 0 Å². The Labute approximate surface area is 74.1 Å². The van der Waals surface area contributed by atoms with Gasteiger partial charge in [-0.1, -0.05) is 6.08 Å². The van der Waals surface area contributed by atoms with Crippen LogP contribution in [0, 0.1) is 0 Å². The Bertz CT molecular complexity index is 93.6. The molecule has 0 bridgehead atoms. The summed E-state index contributed by atoms with van der Waals surface area (Å²) in [5.74, 6) is 0.651. The van der Waals surface area contributed by atoms with Crippen LogP contribution in [0.1, 0.15) is 32.1 Å². The maximum absolute atomic E-state index is 9.31. The lowest BCUT2D eigenvalue weighted by molar-refractivity contribution is 0.151. The van der Waals surface area contributed by atoms with Crippen LogP contribution in [0.2, 0.25) is 0 Å². The van der Waals surface area contributed by atoms with Gasteiger partial charge in [-0.3, -0.25) is 0 Å². The molecule has 11 heavy (non-hydrogen) atoms. The number of allylic oxidation sites excluding steroid dienone is 1. The highest BCUT2D eigenvalue weighted by molar-refractivity contribution is 6.17. The van der Waals surface area contributed by atoms with Gasteiger partial charge in [0.25, 0.3) is 0 Å². The van der Waals surface area contributed by atoms with Crippen molar-refractivity contribution in [1.29, 1.82) is 0 Å². The highest BCUT2D eigenvalue weighted by atomic mass is 35.5. The number of hydrogen-bond donors (Lipinski definition) is 1. The molecule has 1 atom stereocenters. The quantitative estimate of drug-likeness (QED) is 0.359. The van der Waals surface area contributed by atoms with Crippen molar-refractivity contribution in [3.05, 3.63) is 12.7 Å². The van der Waals surface area contributed by atoms with E-state index in [2.05, 4.69) is 6.58 Å². The summed E-state index contributed by atoms with van der Waals surface area (Å²) in [6, 6.07) is 0. The summed E-state index contributed by atoms with van der Waals surface area (Å²) in [6.45, 7) is 3.62. The molecular weight excluding hydrogens is 160 g/mol. The average Bonchev–Trinajstić information content (AvgIpc) is 2.01. The third-order valence-corrected chi connectivity index (χ3v) is 1.88. The third-order valence-electron chi connectivity index (χ3n) is 1.62. The maximum Gasteiger partial charge on any atom is 0.0540 e. The minimum Gasteiger partial charge on any atom is -0.393 e. The number of unbranched alkanes of at least 4 members (excludes halogenated alkanes) is 1.